The molecule has 1 N–H and O–H groups in total. The molecule has 5 heteroatoms. The first-order valence-corrected chi connectivity index (χ1v) is 8.26. The summed E-state index contributed by atoms with van der Waals surface area (Å²) in [6.07, 6.45) is 1.59. The van der Waals surface area contributed by atoms with E-state index in [-0.39, 0.29) is 11.5 Å². The summed E-state index contributed by atoms with van der Waals surface area (Å²) in [4.78, 5) is 24.6. The molecular weight excluding hydrogens is 328 g/mol. The number of aromatic nitrogens is 1. The van der Waals surface area contributed by atoms with Gasteiger partial charge in [-0.15, -0.1) is 0 Å². The first-order chi connectivity index (χ1) is 12.5. The first-order valence-electron chi connectivity index (χ1n) is 8.26. The Bertz CT molecular complexity index is 975. The Morgan fingerprint density at radius 1 is 1.08 bits per heavy atom. The van der Waals surface area contributed by atoms with Gasteiger partial charge in [-0.05, 0) is 42.8 Å². The van der Waals surface area contributed by atoms with Gasteiger partial charge >= 0.3 is 0 Å². The number of ether oxygens (including phenoxy) is 1. The molecule has 0 saturated carbocycles. The summed E-state index contributed by atoms with van der Waals surface area (Å²) in [5.41, 5.74) is 3.08. The van der Waals surface area contributed by atoms with Crippen LogP contribution in [0.2, 0.25) is 0 Å². The van der Waals surface area contributed by atoms with Gasteiger partial charge in [0.2, 0.25) is 0 Å². The molecule has 1 aromatic heterocycles. The Kier molecular flexibility index (Phi) is 5.17. The van der Waals surface area contributed by atoms with E-state index >= 15 is 0 Å². The molecule has 0 spiro atoms. The molecule has 5 nitrogen and oxygen atoms in total. The molecule has 1 heterocycles. The third-order valence-corrected chi connectivity index (χ3v) is 4.03. The molecule has 26 heavy (non-hydrogen) atoms. The molecule has 132 valence electrons. The highest BCUT2D eigenvalue weighted by molar-refractivity contribution is 6.04. The van der Waals surface area contributed by atoms with Crippen molar-refractivity contribution in [3.8, 4) is 5.75 Å². The standard InChI is InChI=1S/C21H20N2O3/c1-15-4-3-5-16(12-15)13-23-14-17(6-11-20(23)24)21(25)22-18-7-9-19(26-2)10-8-18/h3-12,14H,13H2,1-2H3,(H,22,25). The molecule has 0 unspecified atom stereocenters. The molecule has 0 aliphatic rings. The van der Waals surface area contributed by atoms with Crippen LogP contribution in [0.4, 0.5) is 5.69 Å². The number of aryl methyl sites for hydroxylation is 1. The number of carbonyl (C=O) groups excluding carboxylic acids is 1. The molecule has 0 aliphatic heterocycles. The third-order valence-electron chi connectivity index (χ3n) is 4.03. The van der Waals surface area contributed by atoms with E-state index in [1.54, 1.807) is 37.6 Å². The summed E-state index contributed by atoms with van der Waals surface area (Å²) in [6.45, 7) is 2.43. The smallest absolute Gasteiger partial charge is 0.257 e. The third kappa shape index (κ3) is 4.19. The highest BCUT2D eigenvalue weighted by atomic mass is 16.5. The number of benzene rings is 2. The van der Waals surface area contributed by atoms with E-state index in [9.17, 15) is 9.59 Å². The number of hydrogen-bond acceptors (Lipinski definition) is 3. The van der Waals surface area contributed by atoms with Crippen LogP contribution in [-0.2, 0) is 6.54 Å². The lowest BCUT2D eigenvalue weighted by Crippen LogP contribution is -2.22. The van der Waals surface area contributed by atoms with Gasteiger partial charge in [0.05, 0.1) is 19.2 Å². The van der Waals surface area contributed by atoms with Crippen molar-refractivity contribution in [3.63, 3.8) is 0 Å². The van der Waals surface area contributed by atoms with Crippen LogP contribution in [-0.4, -0.2) is 17.6 Å². The lowest BCUT2D eigenvalue weighted by molar-refractivity contribution is 0.102. The van der Waals surface area contributed by atoms with Crippen LogP contribution < -0.4 is 15.6 Å². The largest absolute Gasteiger partial charge is 0.497 e. The molecule has 0 bridgehead atoms. The minimum atomic E-state index is -0.270. The van der Waals surface area contributed by atoms with E-state index in [2.05, 4.69) is 5.32 Å². The average molecular weight is 348 g/mol. The van der Waals surface area contributed by atoms with Crippen LogP contribution in [0, 0.1) is 6.92 Å². The van der Waals surface area contributed by atoms with Gasteiger partial charge in [0.15, 0.2) is 0 Å². The summed E-state index contributed by atoms with van der Waals surface area (Å²) in [6, 6.07) is 18.0. The Hall–Kier alpha value is -3.34. The van der Waals surface area contributed by atoms with E-state index < -0.39 is 0 Å². The van der Waals surface area contributed by atoms with Crippen LogP contribution in [0.5, 0.6) is 5.75 Å². The minimum absolute atomic E-state index is 0.146. The Morgan fingerprint density at radius 3 is 2.54 bits per heavy atom. The number of carbonyl (C=O) groups is 1. The second kappa shape index (κ2) is 7.70. The van der Waals surface area contributed by atoms with Crippen molar-refractivity contribution in [1.29, 1.82) is 0 Å². The highest BCUT2D eigenvalue weighted by Crippen LogP contribution is 2.16. The maximum absolute atomic E-state index is 12.5. The fourth-order valence-electron chi connectivity index (χ4n) is 2.67. The van der Waals surface area contributed by atoms with E-state index in [1.165, 1.54) is 16.7 Å². The van der Waals surface area contributed by atoms with Gasteiger partial charge in [-0.25, -0.2) is 0 Å². The fourth-order valence-corrected chi connectivity index (χ4v) is 2.67. The van der Waals surface area contributed by atoms with Crippen molar-refractivity contribution in [2.45, 2.75) is 13.5 Å². The number of methoxy groups -OCH3 is 1. The van der Waals surface area contributed by atoms with Crippen molar-refractivity contribution in [2.75, 3.05) is 12.4 Å². The van der Waals surface area contributed by atoms with E-state index in [1.807, 2.05) is 31.2 Å². The van der Waals surface area contributed by atoms with Gasteiger partial charge in [-0.3, -0.25) is 9.59 Å². The lowest BCUT2D eigenvalue weighted by Gasteiger charge is -2.10. The van der Waals surface area contributed by atoms with Gasteiger partial charge in [0, 0.05) is 18.0 Å². The lowest BCUT2D eigenvalue weighted by atomic mass is 10.1. The summed E-state index contributed by atoms with van der Waals surface area (Å²) >= 11 is 0. The maximum Gasteiger partial charge on any atom is 0.257 e. The number of amides is 1. The van der Waals surface area contributed by atoms with Crippen LogP contribution in [0.25, 0.3) is 0 Å². The zero-order valence-electron chi connectivity index (χ0n) is 14.7. The predicted molar refractivity (Wildman–Crippen MR) is 102 cm³/mol. The van der Waals surface area contributed by atoms with Crippen LogP contribution in [0.3, 0.4) is 0 Å². The first kappa shape index (κ1) is 17.5. The average Bonchev–Trinajstić information content (AvgIpc) is 2.64. The summed E-state index contributed by atoms with van der Waals surface area (Å²) < 4.78 is 6.64. The second-order valence-corrected chi connectivity index (χ2v) is 6.06. The number of pyridine rings is 1. The van der Waals surface area contributed by atoms with Gasteiger partial charge < -0.3 is 14.6 Å². The molecule has 1 amide bonds. The number of nitrogens with one attached hydrogen (secondary N) is 1. The van der Waals surface area contributed by atoms with E-state index in [0.29, 0.717) is 17.8 Å². The number of nitrogens with zero attached hydrogens (tertiary/aromatic N) is 1. The molecule has 0 radical (unpaired) electrons. The zero-order chi connectivity index (χ0) is 18.5. The minimum Gasteiger partial charge on any atom is -0.497 e. The molecule has 0 atom stereocenters. The SMILES string of the molecule is COc1ccc(NC(=O)c2ccc(=O)n(Cc3cccc(C)c3)c2)cc1. The Labute approximate surface area is 151 Å². The summed E-state index contributed by atoms with van der Waals surface area (Å²) in [5, 5.41) is 2.82. The Morgan fingerprint density at radius 2 is 1.85 bits per heavy atom. The summed E-state index contributed by atoms with van der Waals surface area (Å²) in [7, 11) is 1.59. The topological polar surface area (TPSA) is 60.3 Å². The molecule has 0 saturated heterocycles. The van der Waals surface area contributed by atoms with E-state index in [4.69, 9.17) is 4.74 Å². The Balaban J connectivity index is 1.79. The normalized spacial score (nSPS) is 10.4. The monoisotopic (exact) mass is 348 g/mol. The van der Waals surface area contributed by atoms with Gasteiger partial charge in [-0.1, -0.05) is 29.8 Å². The molecule has 2 aromatic carbocycles. The number of hydrogen-bond donors (Lipinski definition) is 1. The van der Waals surface area contributed by atoms with Crippen molar-refractivity contribution >= 4 is 11.6 Å². The van der Waals surface area contributed by atoms with Crippen LogP contribution in [0.15, 0.2) is 71.7 Å². The van der Waals surface area contributed by atoms with Gasteiger partial charge in [0.1, 0.15) is 5.75 Å². The number of rotatable bonds is 5. The predicted octanol–water partition coefficient (Wildman–Crippen LogP) is 3.47. The maximum atomic E-state index is 12.5. The number of anilines is 1. The highest BCUT2D eigenvalue weighted by Gasteiger charge is 2.09. The fraction of sp³-hybridized carbons (Fsp3) is 0.143. The molecular formula is C21H20N2O3. The molecule has 3 rings (SSSR count). The van der Waals surface area contributed by atoms with Crippen LogP contribution in [0.1, 0.15) is 21.5 Å². The van der Waals surface area contributed by atoms with Gasteiger partial charge in [0.25, 0.3) is 11.5 Å². The summed E-state index contributed by atoms with van der Waals surface area (Å²) in [5.74, 6) is 0.447. The quantitative estimate of drug-likeness (QED) is 0.768. The molecule has 3 aromatic rings. The van der Waals surface area contributed by atoms with Crippen molar-refractivity contribution in [1.82, 2.24) is 4.57 Å². The molecule has 0 aliphatic carbocycles. The van der Waals surface area contributed by atoms with Crippen molar-refractivity contribution in [3.05, 3.63) is 93.9 Å². The zero-order valence-corrected chi connectivity index (χ0v) is 14.7. The van der Waals surface area contributed by atoms with Crippen LogP contribution >= 0.6 is 0 Å². The van der Waals surface area contributed by atoms with Gasteiger partial charge in [-0.2, -0.15) is 0 Å². The second-order valence-electron chi connectivity index (χ2n) is 6.06. The van der Waals surface area contributed by atoms with Crippen molar-refractivity contribution < 1.29 is 9.53 Å². The van der Waals surface area contributed by atoms with E-state index in [0.717, 1.165) is 16.9 Å². The molecule has 0 fully saturated rings. The van der Waals surface area contributed by atoms with Crippen molar-refractivity contribution in [2.24, 2.45) is 0 Å².